The van der Waals surface area contributed by atoms with Gasteiger partial charge in [-0.1, -0.05) is 12.1 Å². The molecule has 2 aliphatic rings. The molecule has 2 saturated heterocycles. The van der Waals surface area contributed by atoms with Gasteiger partial charge in [0, 0.05) is 32.2 Å². The zero-order valence-electron chi connectivity index (χ0n) is 13.9. The highest BCUT2D eigenvalue weighted by molar-refractivity contribution is 5.85. The van der Waals surface area contributed by atoms with Crippen LogP contribution in [0.4, 0.5) is 0 Å². The fourth-order valence-electron chi connectivity index (χ4n) is 3.71. The third-order valence-electron chi connectivity index (χ3n) is 4.97. The van der Waals surface area contributed by atoms with Crippen molar-refractivity contribution in [2.24, 2.45) is 0 Å². The number of para-hydroxylation sites is 2. The topological polar surface area (TPSA) is 79.4 Å². The average molecular weight is 367 g/mol. The number of carbonyl (C=O) groups is 1. The summed E-state index contributed by atoms with van der Waals surface area (Å²) in [5.41, 5.74) is 1.73. The van der Waals surface area contributed by atoms with E-state index in [-0.39, 0.29) is 36.1 Å². The van der Waals surface area contributed by atoms with Gasteiger partial charge in [0.2, 0.25) is 0 Å². The number of H-pyrrole nitrogens is 1. The number of hydrogen-bond donors (Lipinski definition) is 2. The van der Waals surface area contributed by atoms with E-state index >= 15 is 0 Å². The second-order valence-electron chi connectivity index (χ2n) is 6.44. The maximum atomic E-state index is 12.5. The molecule has 0 aliphatic carbocycles. The highest BCUT2D eigenvalue weighted by atomic mass is 35.5. The third-order valence-corrected chi connectivity index (χ3v) is 4.97. The number of hydrogen-bond acceptors (Lipinski definition) is 4. The Labute approximate surface area is 151 Å². The normalized spacial score (nSPS) is 21.9. The molecule has 2 aliphatic heterocycles. The zero-order valence-corrected chi connectivity index (χ0v) is 14.8. The number of carbonyl (C=O) groups excluding carboxylic acids is 1. The summed E-state index contributed by atoms with van der Waals surface area (Å²) >= 11 is 0. The molecule has 0 unspecified atom stereocenters. The molecule has 4 rings (SSSR count). The number of rotatable bonds is 2. The standard InChI is InChI=1S/C17H22N4O3.ClH/c22-16(15-11-18-7-10-24-15)20-8-5-12(6-9-20)21-14-4-2-1-3-13(14)19-17(21)23;/h1-4,12,15,18H,5-11H2,(H,19,23);1H/t15-;/m1./s1. The van der Waals surface area contributed by atoms with Crippen molar-refractivity contribution in [1.29, 1.82) is 0 Å². The first-order chi connectivity index (χ1) is 11.7. The van der Waals surface area contributed by atoms with Gasteiger partial charge in [-0.25, -0.2) is 4.79 Å². The summed E-state index contributed by atoms with van der Waals surface area (Å²) in [6.45, 7) is 3.29. The largest absolute Gasteiger partial charge is 0.366 e. The van der Waals surface area contributed by atoms with Crippen molar-refractivity contribution in [3.63, 3.8) is 0 Å². The number of imidazole rings is 1. The van der Waals surface area contributed by atoms with E-state index in [1.807, 2.05) is 33.7 Å². The molecule has 0 spiro atoms. The van der Waals surface area contributed by atoms with Crippen LogP contribution in [-0.2, 0) is 9.53 Å². The van der Waals surface area contributed by atoms with E-state index in [1.165, 1.54) is 0 Å². The Bertz CT molecular complexity index is 789. The molecule has 8 heteroatoms. The Morgan fingerprint density at radius 2 is 1.96 bits per heavy atom. The van der Waals surface area contributed by atoms with Crippen LogP contribution in [0, 0.1) is 0 Å². The fraction of sp³-hybridized carbons (Fsp3) is 0.529. The van der Waals surface area contributed by atoms with E-state index in [4.69, 9.17) is 4.74 Å². The molecule has 1 aromatic carbocycles. The smallest absolute Gasteiger partial charge is 0.326 e. The Morgan fingerprint density at radius 3 is 2.68 bits per heavy atom. The SMILES string of the molecule is Cl.O=C([C@H]1CNCCO1)N1CCC(n2c(=O)[nH]c3ccccc32)CC1. The molecular weight excluding hydrogens is 344 g/mol. The highest BCUT2D eigenvalue weighted by Gasteiger charge is 2.31. The van der Waals surface area contributed by atoms with Gasteiger partial charge in [-0.2, -0.15) is 0 Å². The predicted molar refractivity (Wildman–Crippen MR) is 97.3 cm³/mol. The van der Waals surface area contributed by atoms with Crippen LogP contribution in [0.3, 0.4) is 0 Å². The van der Waals surface area contributed by atoms with E-state index in [9.17, 15) is 9.59 Å². The van der Waals surface area contributed by atoms with Crippen LogP contribution < -0.4 is 11.0 Å². The lowest BCUT2D eigenvalue weighted by Gasteiger charge is -2.35. The predicted octanol–water partition coefficient (Wildman–Crippen LogP) is 0.903. The third kappa shape index (κ3) is 3.44. The number of aromatic amines is 1. The number of amides is 1. The number of fused-ring (bicyclic) bond motifs is 1. The molecule has 1 atom stereocenters. The van der Waals surface area contributed by atoms with Crippen molar-refractivity contribution < 1.29 is 9.53 Å². The Hall–Kier alpha value is -1.83. The van der Waals surface area contributed by atoms with Gasteiger partial charge in [-0.3, -0.25) is 9.36 Å². The van der Waals surface area contributed by atoms with Crippen LogP contribution in [0.15, 0.2) is 29.1 Å². The zero-order chi connectivity index (χ0) is 16.5. The molecule has 25 heavy (non-hydrogen) atoms. The second kappa shape index (κ2) is 7.59. The number of nitrogens with one attached hydrogen (secondary N) is 2. The minimum atomic E-state index is -0.369. The average Bonchev–Trinajstić information content (AvgIpc) is 2.98. The number of benzene rings is 1. The van der Waals surface area contributed by atoms with Crippen molar-refractivity contribution in [3.8, 4) is 0 Å². The number of morpholine rings is 1. The van der Waals surface area contributed by atoms with Crippen molar-refractivity contribution in [2.75, 3.05) is 32.8 Å². The van der Waals surface area contributed by atoms with Gasteiger partial charge < -0.3 is 19.9 Å². The quantitative estimate of drug-likeness (QED) is 0.827. The number of piperidine rings is 1. The molecule has 7 nitrogen and oxygen atoms in total. The van der Waals surface area contributed by atoms with Gasteiger partial charge in [0.15, 0.2) is 0 Å². The molecule has 0 bridgehead atoms. The fourth-order valence-corrected chi connectivity index (χ4v) is 3.71. The van der Waals surface area contributed by atoms with Crippen molar-refractivity contribution >= 4 is 29.3 Å². The highest BCUT2D eigenvalue weighted by Crippen LogP contribution is 2.25. The van der Waals surface area contributed by atoms with Crippen LogP contribution in [-0.4, -0.2) is 59.2 Å². The maximum absolute atomic E-state index is 12.5. The minimum absolute atomic E-state index is 0. The molecule has 1 aromatic heterocycles. The first kappa shape index (κ1) is 18.0. The number of likely N-dealkylation sites (tertiary alicyclic amines) is 1. The maximum Gasteiger partial charge on any atom is 0.326 e. The number of aromatic nitrogens is 2. The van der Waals surface area contributed by atoms with Gasteiger partial charge in [0.1, 0.15) is 6.10 Å². The van der Waals surface area contributed by atoms with Crippen molar-refractivity contribution in [2.45, 2.75) is 25.0 Å². The molecule has 2 fully saturated rings. The summed E-state index contributed by atoms with van der Waals surface area (Å²) in [7, 11) is 0. The monoisotopic (exact) mass is 366 g/mol. The van der Waals surface area contributed by atoms with Crippen molar-refractivity contribution in [3.05, 3.63) is 34.7 Å². The first-order valence-corrected chi connectivity index (χ1v) is 8.54. The lowest BCUT2D eigenvalue weighted by Crippen LogP contribution is -2.51. The van der Waals surface area contributed by atoms with Crippen LogP contribution in [0.2, 0.25) is 0 Å². The van der Waals surface area contributed by atoms with E-state index in [1.54, 1.807) is 0 Å². The van der Waals surface area contributed by atoms with Crippen molar-refractivity contribution in [1.82, 2.24) is 19.8 Å². The van der Waals surface area contributed by atoms with Gasteiger partial charge in [0.05, 0.1) is 17.6 Å². The molecule has 2 aromatic rings. The summed E-state index contributed by atoms with van der Waals surface area (Å²) in [4.78, 5) is 29.6. The summed E-state index contributed by atoms with van der Waals surface area (Å²) in [5, 5.41) is 3.19. The van der Waals surface area contributed by atoms with E-state index in [0.717, 1.165) is 30.4 Å². The Morgan fingerprint density at radius 1 is 1.20 bits per heavy atom. The van der Waals surface area contributed by atoms with Crippen LogP contribution in [0.1, 0.15) is 18.9 Å². The minimum Gasteiger partial charge on any atom is -0.366 e. The number of ether oxygens (including phenoxy) is 1. The summed E-state index contributed by atoms with van der Waals surface area (Å²) in [6, 6.07) is 7.87. The lowest BCUT2D eigenvalue weighted by molar-refractivity contribution is -0.146. The molecule has 1 amide bonds. The van der Waals surface area contributed by atoms with Gasteiger partial charge in [-0.15, -0.1) is 12.4 Å². The van der Waals surface area contributed by atoms with Gasteiger partial charge >= 0.3 is 5.69 Å². The second-order valence-corrected chi connectivity index (χ2v) is 6.44. The summed E-state index contributed by atoms with van der Waals surface area (Å²) < 4.78 is 7.40. The Kier molecular flexibility index (Phi) is 5.46. The Balaban J connectivity index is 0.00000182. The summed E-state index contributed by atoms with van der Waals surface area (Å²) in [5.74, 6) is 0.0620. The molecule has 0 saturated carbocycles. The lowest BCUT2D eigenvalue weighted by atomic mass is 10.0. The molecule has 0 radical (unpaired) electrons. The van der Waals surface area contributed by atoms with Gasteiger partial charge in [0.25, 0.3) is 5.91 Å². The van der Waals surface area contributed by atoms with E-state index in [0.29, 0.717) is 26.2 Å². The van der Waals surface area contributed by atoms with Gasteiger partial charge in [-0.05, 0) is 25.0 Å². The molecule has 2 N–H and O–H groups in total. The first-order valence-electron chi connectivity index (χ1n) is 8.54. The van der Waals surface area contributed by atoms with E-state index in [2.05, 4.69) is 10.3 Å². The molecule has 136 valence electrons. The van der Waals surface area contributed by atoms with Crippen LogP contribution in [0.5, 0.6) is 0 Å². The summed E-state index contributed by atoms with van der Waals surface area (Å²) in [6.07, 6.45) is 1.20. The molecular formula is C17H23ClN4O3. The van der Waals surface area contributed by atoms with Crippen LogP contribution in [0.25, 0.3) is 11.0 Å². The van der Waals surface area contributed by atoms with E-state index < -0.39 is 0 Å². The number of halogens is 1. The molecule has 3 heterocycles. The van der Waals surface area contributed by atoms with Crippen LogP contribution >= 0.6 is 12.4 Å². The number of nitrogens with zero attached hydrogens (tertiary/aromatic N) is 2.